The van der Waals surface area contributed by atoms with Crippen molar-refractivity contribution in [3.63, 3.8) is 0 Å². The molecule has 23 heavy (non-hydrogen) atoms. The Morgan fingerprint density at radius 1 is 1.30 bits per heavy atom. The highest BCUT2D eigenvalue weighted by Crippen LogP contribution is 2.24. The molecule has 1 saturated heterocycles. The highest BCUT2D eigenvalue weighted by molar-refractivity contribution is 5.54. The van der Waals surface area contributed by atoms with E-state index in [2.05, 4.69) is 27.4 Å². The molecule has 1 aromatic carbocycles. The van der Waals surface area contributed by atoms with E-state index in [0.29, 0.717) is 19.1 Å². The van der Waals surface area contributed by atoms with Gasteiger partial charge in [-0.2, -0.15) is 4.98 Å². The van der Waals surface area contributed by atoms with Gasteiger partial charge < -0.3 is 19.3 Å². The normalized spacial score (nSPS) is 19.0. The Balaban J connectivity index is 1.67. The zero-order valence-electron chi connectivity index (χ0n) is 13.5. The smallest absolute Gasteiger partial charge is 0.257 e. The van der Waals surface area contributed by atoms with Crippen molar-refractivity contribution in [3.8, 4) is 17.2 Å². The summed E-state index contributed by atoms with van der Waals surface area (Å²) in [5, 5.41) is 7.49. The van der Waals surface area contributed by atoms with E-state index < -0.39 is 0 Å². The van der Waals surface area contributed by atoms with Gasteiger partial charge in [-0.25, -0.2) is 0 Å². The van der Waals surface area contributed by atoms with Gasteiger partial charge in [-0.1, -0.05) is 5.16 Å². The summed E-state index contributed by atoms with van der Waals surface area (Å²) in [6.45, 7) is 3.89. The Morgan fingerprint density at radius 2 is 2.13 bits per heavy atom. The van der Waals surface area contributed by atoms with Crippen molar-refractivity contribution in [2.24, 2.45) is 0 Å². The summed E-state index contributed by atoms with van der Waals surface area (Å²) in [5.74, 6) is 2.04. The van der Waals surface area contributed by atoms with Crippen LogP contribution in [0.2, 0.25) is 0 Å². The molecule has 0 spiro atoms. The summed E-state index contributed by atoms with van der Waals surface area (Å²) < 4.78 is 15.9. The van der Waals surface area contributed by atoms with Gasteiger partial charge in [0.25, 0.3) is 5.89 Å². The third-order valence-corrected chi connectivity index (χ3v) is 3.91. The van der Waals surface area contributed by atoms with Crippen molar-refractivity contribution < 1.29 is 14.0 Å². The molecule has 0 bridgehead atoms. The van der Waals surface area contributed by atoms with E-state index in [1.807, 2.05) is 24.3 Å². The highest BCUT2D eigenvalue weighted by Gasteiger charge is 2.25. The fraction of sp³-hybridized carbons (Fsp3) is 0.500. The molecule has 0 amide bonds. The Labute approximate surface area is 135 Å². The number of nitrogens with zero attached hydrogens (tertiary/aromatic N) is 3. The Hall–Kier alpha value is -1.96. The minimum atomic E-state index is 0.151. The summed E-state index contributed by atoms with van der Waals surface area (Å²) >= 11 is 0. The molecule has 1 fully saturated rings. The maximum absolute atomic E-state index is 5.55. The van der Waals surface area contributed by atoms with E-state index in [9.17, 15) is 0 Å². The lowest BCUT2D eigenvalue weighted by atomic mass is 10.2. The molecule has 0 aliphatic carbocycles. The van der Waals surface area contributed by atoms with Gasteiger partial charge in [0.1, 0.15) is 12.4 Å². The van der Waals surface area contributed by atoms with Crippen LogP contribution in [0.4, 0.5) is 0 Å². The molecule has 1 aliphatic heterocycles. The minimum Gasteiger partial charge on any atom is -0.491 e. The van der Waals surface area contributed by atoms with Gasteiger partial charge in [-0.15, -0.1) is 0 Å². The lowest BCUT2D eigenvalue weighted by molar-refractivity contribution is 0.146. The number of hydrogen-bond donors (Lipinski definition) is 1. The molecule has 1 aromatic heterocycles. The molecular formula is C16H22N4O3. The number of likely N-dealkylation sites (N-methyl/N-ethyl adjacent to an activating group) is 1. The second-order valence-electron chi connectivity index (χ2n) is 5.52. The number of aromatic nitrogens is 2. The minimum absolute atomic E-state index is 0.151. The fourth-order valence-corrected chi connectivity index (χ4v) is 2.52. The van der Waals surface area contributed by atoms with Gasteiger partial charge in [-0.3, -0.25) is 4.90 Å². The Kier molecular flexibility index (Phi) is 5.22. The number of nitrogens with one attached hydrogen (secondary N) is 1. The number of hydrogen-bond acceptors (Lipinski definition) is 7. The van der Waals surface area contributed by atoms with Crippen LogP contribution in [-0.4, -0.2) is 62.0 Å². The number of rotatable bonds is 6. The number of ether oxygens (including phenoxy) is 2. The van der Waals surface area contributed by atoms with Crippen LogP contribution in [0, 0.1) is 0 Å². The predicted molar refractivity (Wildman–Crippen MR) is 85.3 cm³/mol. The quantitative estimate of drug-likeness (QED) is 0.806. The van der Waals surface area contributed by atoms with E-state index in [-0.39, 0.29) is 6.04 Å². The van der Waals surface area contributed by atoms with Gasteiger partial charge in [0.05, 0.1) is 12.6 Å². The molecular weight excluding hydrogens is 296 g/mol. The summed E-state index contributed by atoms with van der Waals surface area (Å²) in [6, 6.07) is 7.77. The summed E-state index contributed by atoms with van der Waals surface area (Å²) in [5.41, 5.74) is 0.884. The van der Waals surface area contributed by atoms with E-state index in [0.717, 1.165) is 36.8 Å². The second-order valence-corrected chi connectivity index (χ2v) is 5.52. The fourth-order valence-electron chi connectivity index (χ4n) is 2.52. The summed E-state index contributed by atoms with van der Waals surface area (Å²) in [6.07, 6.45) is 0. The van der Waals surface area contributed by atoms with Crippen molar-refractivity contribution in [2.75, 3.05) is 47.0 Å². The lowest BCUT2D eigenvalue weighted by Crippen LogP contribution is -2.44. The van der Waals surface area contributed by atoms with Gasteiger partial charge in [0.2, 0.25) is 0 Å². The topological polar surface area (TPSA) is 72.7 Å². The zero-order valence-corrected chi connectivity index (χ0v) is 13.5. The third kappa shape index (κ3) is 3.87. The average molecular weight is 318 g/mol. The van der Waals surface area contributed by atoms with Gasteiger partial charge in [0.15, 0.2) is 5.82 Å². The van der Waals surface area contributed by atoms with Gasteiger partial charge in [0, 0.05) is 32.3 Å². The zero-order chi connectivity index (χ0) is 16.1. The van der Waals surface area contributed by atoms with Crippen molar-refractivity contribution in [2.45, 2.75) is 6.04 Å². The van der Waals surface area contributed by atoms with Crippen LogP contribution >= 0.6 is 0 Å². The molecule has 2 aromatic rings. The van der Waals surface area contributed by atoms with Crippen LogP contribution in [0.3, 0.4) is 0 Å². The van der Waals surface area contributed by atoms with Crippen LogP contribution in [0.25, 0.3) is 11.5 Å². The van der Waals surface area contributed by atoms with E-state index in [1.54, 1.807) is 7.11 Å². The van der Waals surface area contributed by atoms with Crippen LogP contribution in [-0.2, 0) is 4.74 Å². The maximum atomic E-state index is 5.55. The van der Waals surface area contributed by atoms with Gasteiger partial charge in [-0.05, 0) is 31.3 Å². The van der Waals surface area contributed by atoms with Crippen LogP contribution in [0.15, 0.2) is 28.8 Å². The summed E-state index contributed by atoms with van der Waals surface area (Å²) in [4.78, 5) is 6.77. The third-order valence-electron chi connectivity index (χ3n) is 3.91. The average Bonchev–Trinajstić information content (AvgIpc) is 3.06. The SMILES string of the molecule is COCCOc1ccc(-c2nc(C3CNCCN3C)no2)cc1. The molecule has 124 valence electrons. The first kappa shape index (κ1) is 15.9. The molecule has 7 nitrogen and oxygen atoms in total. The van der Waals surface area contributed by atoms with E-state index in [1.165, 1.54) is 0 Å². The first-order chi connectivity index (χ1) is 11.3. The van der Waals surface area contributed by atoms with Crippen LogP contribution in [0.1, 0.15) is 11.9 Å². The molecule has 1 atom stereocenters. The van der Waals surface area contributed by atoms with Crippen molar-refractivity contribution >= 4 is 0 Å². The maximum Gasteiger partial charge on any atom is 0.257 e. The molecule has 7 heteroatoms. The number of piperazine rings is 1. The largest absolute Gasteiger partial charge is 0.491 e. The molecule has 1 unspecified atom stereocenters. The first-order valence-electron chi connectivity index (χ1n) is 7.74. The first-order valence-corrected chi connectivity index (χ1v) is 7.74. The van der Waals surface area contributed by atoms with Crippen LogP contribution < -0.4 is 10.1 Å². The number of benzene rings is 1. The van der Waals surface area contributed by atoms with Crippen LogP contribution in [0.5, 0.6) is 5.75 Å². The number of methoxy groups -OCH3 is 1. The Morgan fingerprint density at radius 3 is 2.87 bits per heavy atom. The van der Waals surface area contributed by atoms with Crippen molar-refractivity contribution in [3.05, 3.63) is 30.1 Å². The Bertz CT molecular complexity index is 614. The second kappa shape index (κ2) is 7.54. The molecule has 1 aliphatic rings. The van der Waals surface area contributed by atoms with E-state index >= 15 is 0 Å². The molecule has 0 radical (unpaired) electrons. The van der Waals surface area contributed by atoms with Crippen molar-refractivity contribution in [1.29, 1.82) is 0 Å². The van der Waals surface area contributed by atoms with Gasteiger partial charge >= 0.3 is 0 Å². The lowest BCUT2D eigenvalue weighted by Gasteiger charge is -2.30. The van der Waals surface area contributed by atoms with E-state index in [4.69, 9.17) is 14.0 Å². The van der Waals surface area contributed by atoms with Crippen molar-refractivity contribution in [1.82, 2.24) is 20.4 Å². The molecule has 2 heterocycles. The monoisotopic (exact) mass is 318 g/mol. The predicted octanol–water partition coefficient (Wildman–Crippen LogP) is 1.34. The summed E-state index contributed by atoms with van der Waals surface area (Å²) in [7, 11) is 3.73. The highest BCUT2D eigenvalue weighted by atomic mass is 16.5. The standard InChI is InChI=1S/C16H22N4O3/c1-20-8-7-17-11-14(20)15-18-16(23-19-15)12-3-5-13(6-4-12)22-10-9-21-2/h3-6,14,17H,7-11H2,1-2H3. The molecule has 3 rings (SSSR count). The molecule has 0 saturated carbocycles. The molecule has 1 N–H and O–H groups in total.